The van der Waals surface area contributed by atoms with Gasteiger partial charge in [-0.2, -0.15) is 0 Å². The zero-order chi connectivity index (χ0) is 12.5. The maximum atomic E-state index is 5.85. The molecular formula is C13H10ClN3O. The minimum absolute atomic E-state index is 0.504. The van der Waals surface area contributed by atoms with Gasteiger partial charge in [0.15, 0.2) is 0 Å². The van der Waals surface area contributed by atoms with Crippen LogP contribution in [0, 0.1) is 0 Å². The van der Waals surface area contributed by atoms with Gasteiger partial charge in [0.25, 0.3) is 0 Å². The molecule has 0 spiro atoms. The van der Waals surface area contributed by atoms with Crippen LogP contribution in [0.4, 0.5) is 5.69 Å². The number of aromatic nitrogens is 2. The summed E-state index contributed by atoms with van der Waals surface area (Å²) in [6.45, 7) is 0. The second kappa shape index (κ2) is 4.31. The fourth-order valence-electron chi connectivity index (χ4n) is 1.73. The predicted molar refractivity (Wildman–Crippen MR) is 70.5 cm³/mol. The minimum atomic E-state index is 0.504. The third kappa shape index (κ3) is 2.15. The molecule has 2 heterocycles. The predicted octanol–water partition coefficient (Wildman–Crippen LogP) is 3.05. The van der Waals surface area contributed by atoms with Crippen molar-refractivity contribution in [2.45, 2.75) is 6.42 Å². The van der Waals surface area contributed by atoms with Crippen molar-refractivity contribution >= 4 is 28.5 Å². The average molecular weight is 260 g/mol. The van der Waals surface area contributed by atoms with Crippen molar-refractivity contribution in [1.82, 2.24) is 9.97 Å². The lowest BCUT2D eigenvalue weighted by Crippen LogP contribution is -1.89. The number of oxazole rings is 1. The molecular weight excluding hydrogens is 250 g/mol. The van der Waals surface area contributed by atoms with Crippen molar-refractivity contribution in [1.29, 1.82) is 0 Å². The van der Waals surface area contributed by atoms with Crippen LogP contribution in [0.15, 0.2) is 40.9 Å². The van der Waals surface area contributed by atoms with Crippen molar-refractivity contribution in [2.24, 2.45) is 0 Å². The summed E-state index contributed by atoms with van der Waals surface area (Å²) in [5.74, 6) is 0.615. The molecule has 0 amide bonds. The number of anilines is 1. The van der Waals surface area contributed by atoms with E-state index in [4.69, 9.17) is 21.8 Å². The Morgan fingerprint density at radius 3 is 2.78 bits per heavy atom. The molecule has 3 aromatic rings. The van der Waals surface area contributed by atoms with E-state index in [9.17, 15) is 0 Å². The zero-order valence-corrected chi connectivity index (χ0v) is 10.2. The Balaban J connectivity index is 1.92. The first-order valence-electron chi connectivity index (χ1n) is 5.46. The van der Waals surface area contributed by atoms with E-state index in [-0.39, 0.29) is 0 Å². The van der Waals surface area contributed by atoms with E-state index in [2.05, 4.69) is 9.97 Å². The van der Waals surface area contributed by atoms with Crippen LogP contribution in [-0.2, 0) is 6.42 Å². The summed E-state index contributed by atoms with van der Waals surface area (Å²) >= 11 is 5.85. The highest BCUT2D eigenvalue weighted by Crippen LogP contribution is 2.19. The summed E-state index contributed by atoms with van der Waals surface area (Å²) in [6, 6.07) is 9.34. The van der Waals surface area contributed by atoms with E-state index in [1.807, 2.05) is 24.3 Å². The SMILES string of the molecule is Nc1ccc(Cc2nc3cc(Cl)cnc3o2)cc1. The number of fused-ring (bicyclic) bond motifs is 1. The molecule has 0 saturated carbocycles. The lowest BCUT2D eigenvalue weighted by molar-refractivity contribution is 0.535. The number of rotatable bonds is 2. The van der Waals surface area contributed by atoms with Crippen LogP contribution >= 0.6 is 11.6 Å². The van der Waals surface area contributed by atoms with Gasteiger partial charge in [0, 0.05) is 18.3 Å². The molecule has 1 aromatic carbocycles. The molecule has 0 radical (unpaired) electrons. The lowest BCUT2D eigenvalue weighted by atomic mass is 10.1. The second-order valence-electron chi connectivity index (χ2n) is 4.00. The summed E-state index contributed by atoms with van der Waals surface area (Å²) in [5, 5.41) is 0.551. The van der Waals surface area contributed by atoms with Crippen LogP contribution in [0.25, 0.3) is 11.2 Å². The van der Waals surface area contributed by atoms with E-state index >= 15 is 0 Å². The largest absolute Gasteiger partial charge is 0.422 e. The molecule has 2 N–H and O–H groups in total. The van der Waals surface area contributed by atoms with Crippen LogP contribution in [-0.4, -0.2) is 9.97 Å². The van der Waals surface area contributed by atoms with Gasteiger partial charge in [0.1, 0.15) is 5.52 Å². The number of nitrogens with zero attached hydrogens (tertiary/aromatic N) is 2. The Morgan fingerprint density at radius 1 is 1.22 bits per heavy atom. The number of hydrogen-bond donors (Lipinski definition) is 1. The Morgan fingerprint density at radius 2 is 2.00 bits per heavy atom. The summed E-state index contributed by atoms with van der Waals surface area (Å²) in [6.07, 6.45) is 2.15. The first-order chi connectivity index (χ1) is 8.70. The van der Waals surface area contributed by atoms with Gasteiger partial charge in [0.05, 0.1) is 5.02 Å². The normalized spacial score (nSPS) is 10.9. The van der Waals surface area contributed by atoms with Gasteiger partial charge in [0.2, 0.25) is 11.6 Å². The van der Waals surface area contributed by atoms with Gasteiger partial charge >= 0.3 is 0 Å². The molecule has 0 unspecified atom stereocenters. The smallest absolute Gasteiger partial charge is 0.247 e. The molecule has 4 nitrogen and oxygen atoms in total. The maximum Gasteiger partial charge on any atom is 0.247 e. The highest BCUT2D eigenvalue weighted by molar-refractivity contribution is 6.30. The van der Waals surface area contributed by atoms with Crippen LogP contribution in [0.1, 0.15) is 11.5 Å². The fraction of sp³-hybridized carbons (Fsp3) is 0.0769. The number of benzene rings is 1. The number of pyridine rings is 1. The summed E-state index contributed by atoms with van der Waals surface area (Å²) in [5.41, 5.74) is 8.64. The van der Waals surface area contributed by atoms with Crippen LogP contribution < -0.4 is 5.73 Å². The fourth-order valence-corrected chi connectivity index (χ4v) is 1.88. The first-order valence-corrected chi connectivity index (χ1v) is 5.84. The van der Waals surface area contributed by atoms with E-state index in [0.29, 0.717) is 28.6 Å². The third-order valence-electron chi connectivity index (χ3n) is 2.59. The third-order valence-corrected chi connectivity index (χ3v) is 2.80. The van der Waals surface area contributed by atoms with Gasteiger partial charge < -0.3 is 10.2 Å². The van der Waals surface area contributed by atoms with E-state index in [1.165, 1.54) is 0 Å². The van der Waals surface area contributed by atoms with Crippen molar-refractivity contribution in [3.05, 3.63) is 53.0 Å². The van der Waals surface area contributed by atoms with Gasteiger partial charge in [-0.05, 0) is 23.8 Å². The molecule has 18 heavy (non-hydrogen) atoms. The first kappa shape index (κ1) is 11.0. The zero-order valence-electron chi connectivity index (χ0n) is 9.43. The molecule has 0 saturated heterocycles. The number of hydrogen-bond acceptors (Lipinski definition) is 4. The monoisotopic (exact) mass is 259 g/mol. The van der Waals surface area contributed by atoms with Gasteiger partial charge in [-0.3, -0.25) is 0 Å². The maximum absolute atomic E-state index is 5.85. The Bertz CT molecular complexity index is 691. The second-order valence-corrected chi connectivity index (χ2v) is 4.44. The van der Waals surface area contributed by atoms with Crippen LogP contribution in [0.3, 0.4) is 0 Å². The van der Waals surface area contributed by atoms with Gasteiger partial charge in [-0.1, -0.05) is 23.7 Å². The molecule has 0 aliphatic rings. The van der Waals surface area contributed by atoms with Crippen molar-refractivity contribution in [2.75, 3.05) is 5.73 Å². The molecule has 0 aliphatic carbocycles. The van der Waals surface area contributed by atoms with Crippen LogP contribution in [0.2, 0.25) is 5.02 Å². The van der Waals surface area contributed by atoms with Gasteiger partial charge in [-0.15, -0.1) is 0 Å². The molecule has 0 aliphatic heterocycles. The quantitative estimate of drug-likeness (QED) is 0.719. The molecule has 90 valence electrons. The molecule has 0 bridgehead atoms. The Hall–Kier alpha value is -2.07. The number of nitrogens with two attached hydrogens (primary N) is 1. The van der Waals surface area contributed by atoms with Crippen molar-refractivity contribution < 1.29 is 4.42 Å². The highest BCUT2D eigenvalue weighted by atomic mass is 35.5. The number of halogens is 1. The van der Waals surface area contributed by atoms with Gasteiger partial charge in [-0.25, -0.2) is 9.97 Å². The summed E-state index contributed by atoms with van der Waals surface area (Å²) in [7, 11) is 0. The summed E-state index contributed by atoms with van der Waals surface area (Å²) in [4.78, 5) is 8.42. The minimum Gasteiger partial charge on any atom is -0.422 e. The molecule has 5 heteroatoms. The van der Waals surface area contributed by atoms with E-state index in [1.54, 1.807) is 12.3 Å². The summed E-state index contributed by atoms with van der Waals surface area (Å²) < 4.78 is 5.55. The standard InChI is InChI=1S/C13H10ClN3O/c14-9-6-11-13(16-7-9)18-12(17-11)5-8-1-3-10(15)4-2-8/h1-4,6-7H,5,15H2. The van der Waals surface area contributed by atoms with E-state index < -0.39 is 0 Å². The molecule has 3 rings (SSSR count). The van der Waals surface area contributed by atoms with Crippen molar-refractivity contribution in [3.63, 3.8) is 0 Å². The Labute approximate surface area is 108 Å². The average Bonchev–Trinajstić information content (AvgIpc) is 2.73. The molecule has 0 fully saturated rings. The van der Waals surface area contributed by atoms with Crippen molar-refractivity contribution in [3.8, 4) is 0 Å². The topological polar surface area (TPSA) is 64.9 Å². The highest BCUT2D eigenvalue weighted by Gasteiger charge is 2.08. The van der Waals surface area contributed by atoms with Crippen LogP contribution in [0.5, 0.6) is 0 Å². The number of nitrogen functional groups attached to an aromatic ring is 1. The molecule has 0 atom stereocenters. The van der Waals surface area contributed by atoms with E-state index in [0.717, 1.165) is 11.3 Å². The Kier molecular flexibility index (Phi) is 2.64. The molecule has 2 aromatic heterocycles. The lowest BCUT2D eigenvalue weighted by Gasteiger charge is -1.97.